The molecule has 1 aromatic carbocycles. The summed E-state index contributed by atoms with van der Waals surface area (Å²) in [6.07, 6.45) is 3.81. The Morgan fingerprint density at radius 2 is 1.91 bits per heavy atom. The summed E-state index contributed by atoms with van der Waals surface area (Å²) in [4.78, 5) is 33.7. The van der Waals surface area contributed by atoms with Gasteiger partial charge in [-0.05, 0) is 25.5 Å². The molecule has 1 amide bonds. The molecule has 0 saturated heterocycles. The van der Waals surface area contributed by atoms with E-state index < -0.39 is 10.9 Å². The molecule has 0 aliphatic carbocycles. The molecule has 0 fully saturated rings. The van der Waals surface area contributed by atoms with Gasteiger partial charge in [0.25, 0.3) is 5.69 Å². The lowest BCUT2D eigenvalue weighted by Crippen LogP contribution is -2.12. The van der Waals surface area contributed by atoms with Gasteiger partial charge in [-0.25, -0.2) is 4.79 Å². The summed E-state index contributed by atoms with van der Waals surface area (Å²) in [5, 5.41) is 13.5. The number of nitrogens with two attached hydrogens (primary N) is 1. The van der Waals surface area contributed by atoms with E-state index in [4.69, 9.17) is 5.73 Å². The molecule has 23 heavy (non-hydrogen) atoms. The minimum atomic E-state index is -0.703. The summed E-state index contributed by atoms with van der Waals surface area (Å²) >= 11 is 0. The lowest BCUT2D eigenvalue weighted by molar-refractivity contribution is -0.384. The number of ether oxygens (including phenoxy) is 1. The fourth-order valence-corrected chi connectivity index (χ4v) is 2.03. The molecule has 0 saturated carbocycles. The Morgan fingerprint density at radius 3 is 2.52 bits per heavy atom. The lowest BCUT2D eigenvalue weighted by Gasteiger charge is -2.07. The Morgan fingerprint density at radius 1 is 1.22 bits per heavy atom. The first-order chi connectivity index (χ1) is 11.0. The Kier molecular flexibility index (Phi) is 7.69. The number of anilines is 1. The molecule has 126 valence electrons. The Balaban J connectivity index is 2.71. The molecule has 0 unspecified atom stereocenters. The average Bonchev–Trinajstić information content (AvgIpc) is 2.53. The highest BCUT2D eigenvalue weighted by Crippen LogP contribution is 2.22. The third kappa shape index (κ3) is 6.43. The van der Waals surface area contributed by atoms with Crippen molar-refractivity contribution in [2.75, 3.05) is 19.0 Å². The molecule has 1 rings (SSSR count). The number of benzene rings is 1. The number of carbonyl (C=O) groups excluding carboxylic acids is 2. The molecule has 0 bridgehead atoms. The second-order valence-electron chi connectivity index (χ2n) is 5.02. The molecule has 1 aromatic rings. The Hall–Kier alpha value is -2.48. The van der Waals surface area contributed by atoms with E-state index in [1.54, 1.807) is 0 Å². The third-order valence-corrected chi connectivity index (χ3v) is 3.19. The highest BCUT2D eigenvalue weighted by atomic mass is 16.6. The number of methoxy groups -OCH3 is 1. The molecule has 0 aliphatic heterocycles. The second kappa shape index (κ2) is 9.52. The van der Waals surface area contributed by atoms with Crippen LogP contribution in [-0.2, 0) is 9.53 Å². The minimum absolute atomic E-state index is 0.0138. The van der Waals surface area contributed by atoms with Crippen molar-refractivity contribution in [3.05, 3.63) is 33.9 Å². The van der Waals surface area contributed by atoms with E-state index in [0.29, 0.717) is 19.4 Å². The van der Waals surface area contributed by atoms with E-state index in [0.717, 1.165) is 25.3 Å². The number of nitrogens with zero attached hydrogens (tertiary/aromatic N) is 1. The number of amides is 1. The van der Waals surface area contributed by atoms with Gasteiger partial charge >= 0.3 is 5.97 Å². The molecule has 0 aromatic heterocycles. The molecule has 0 heterocycles. The van der Waals surface area contributed by atoms with Crippen LogP contribution in [0.5, 0.6) is 0 Å². The molecule has 0 radical (unpaired) electrons. The minimum Gasteiger partial charge on any atom is -0.465 e. The zero-order valence-corrected chi connectivity index (χ0v) is 13.0. The molecule has 8 heteroatoms. The van der Waals surface area contributed by atoms with Gasteiger partial charge in [0.15, 0.2) is 0 Å². The van der Waals surface area contributed by atoms with Gasteiger partial charge in [0.1, 0.15) is 0 Å². The highest BCUT2D eigenvalue weighted by molar-refractivity contribution is 5.95. The summed E-state index contributed by atoms with van der Waals surface area (Å²) < 4.78 is 4.55. The SMILES string of the molecule is COC(=O)c1cc(NC(=O)CCCCCCN)cc([N+](=O)[O-])c1. The molecule has 0 aliphatic rings. The number of unbranched alkanes of at least 4 members (excludes halogenated alkanes) is 3. The molecule has 0 atom stereocenters. The van der Waals surface area contributed by atoms with Crippen molar-refractivity contribution in [3.63, 3.8) is 0 Å². The van der Waals surface area contributed by atoms with Gasteiger partial charge in [0, 0.05) is 24.2 Å². The predicted octanol–water partition coefficient (Wildman–Crippen LogP) is 2.23. The fourth-order valence-electron chi connectivity index (χ4n) is 2.03. The van der Waals surface area contributed by atoms with E-state index in [1.165, 1.54) is 19.2 Å². The third-order valence-electron chi connectivity index (χ3n) is 3.19. The van der Waals surface area contributed by atoms with Crippen LogP contribution in [0.1, 0.15) is 42.5 Å². The van der Waals surface area contributed by atoms with E-state index in [2.05, 4.69) is 10.1 Å². The number of nitro groups is 1. The molecular formula is C15H21N3O5. The van der Waals surface area contributed by atoms with Gasteiger partial charge in [0.05, 0.1) is 17.6 Å². The first-order valence-electron chi connectivity index (χ1n) is 7.35. The number of carbonyl (C=O) groups is 2. The van der Waals surface area contributed by atoms with Crippen molar-refractivity contribution in [2.45, 2.75) is 32.1 Å². The number of hydrogen-bond acceptors (Lipinski definition) is 6. The smallest absolute Gasteiger partial charge is 0.338 e. The zero-order chi connectivity index (χ0) is 17.2. The first-order valence-corrected chi connectivity index (χ1v) is 7.35. The van der Waals surface area contributed by atoms with Crippen LogP contribution in [0.25, 0.3) is 0 Å². The maximum Gasteiger partial charge on any atom is 0.338 e. The maximum absolute atomic E-state index is 11.9. The zero-order valence-electron chi connectivity index (χ0n) is 13.0. The van der Waals surface area contributed by atoms with Gasteiger partial charge in [-0.1, -0.05) is 12.8 Å². The molecular weight excluding hydrogens is 302 g/mol. The van der Waals surface area contributed by atoms with Crippen molar-refractivity contribution in [2.24, 2.45) is 5.73 Å². The summed E-state index contributed by atoms with van der Waals surface area (Å²) in [7, 11) is 1.18. The Bertz CT molecular complexity index is 574. The molecule has 3 N–H and O–H groups in total. The monoisotopic (exact) mass is 323 g/mol. The van der Waals surface area contributed by atoms with Crippen molar-refractivity contribution in [1.29, 1.82) is 0 Å². The number of esters is 1. The normalized spacial score (nSPS) is 10.2. The van der Waals surface area contributed by atoms with E-state index in [1.807, 2.05) is 0 Å². The van der Waals surface area contributed by atoms with Gasteiger partial charge in [-0.2, -0.15) is 0 Å². The van der Waals surface area contributed by atoms with Crippen LogP contribution in [0.3, 0.4) is 0 Å². The second-order valence-corrected chi connectivity index (χ2v) is 5.02. The van der Waals surface area contributed by atoms with Gasteiger partial charge in [-0.3, -0.25) is 14.9 Å². The van der Waals surface area contributed by atoms with Crippen molar-refractivity contribution < 1.29 is 19.2 Å². The van der Waals surface area contributed by atoms with Crippen LogP contribution in [0.2, 0.25) is 0 Å². The summed E-state index contributed by atoms with van der Waals surface area (Å²) in [5.74, 6) is -0.958. The largest absolute Gasteiger partial charge is 0.465 e. The molecule has 8 nitrogen and oxygen atoms in total. The van der Waals surface area contributed by atoms with E-state index in [-0.39, 0.29) is 22.8 Å². The summed E-state index contributed by atoms with van der Waals surface area (Å²) in [5.41, 5.74) is 5.32. The van der Waals surface area contributed by atoms with Gasteiger partial charge < -0.3 is 15.8 Å². The Labute approximate surface area is 134 Å². The molecule has 0 spiro atoms. The van der Waals surface area contributed by atoms with E-state index in [9.17, 15) is 19.7 Å². The lowest BCUT2D eigenvalue weighted by atomic mass is 10.1. The van der Waals surface area contributed by atoms with Crippen LogP contribution < -0.4 is 11.1 Å². The summed E-state index contributed by atoms with van der Waals surface area (Å²) in [6.45, 7) is 0.635. The highest BCUT2D eigenvalue weighted by Gasteiger charge is 2.16. The number of rotatable bonds is 9. The number of nitro benzene ring substituents is 1. The topological polar surface area (TPSA) is 125 Å². The van der Waals surface area contributed by atoms with Crippen LogP contribution in [0.4, 0.5) is 11.4 Å². The van der Waals surface area contributed by atoms with Gasteiger partial charge in [-0.15, -0.1) is 0 Å². The van der Waals surface area contributed by atoms with Crippen LogP contribution in [0, 0.1) is 10.1 Å². The quantitative estimate of drug-likeness (QED) is 0.311. The standard InChI is InChI=1S/C15H21N3O5/c1-23-15(20)11-8-12(10-13(9-11)18(21)22)17-14(19)6-4-2-3-5-7-16/h8-10H,2-7,16H2,1H3,(H,17,19). The fraction of sp³-hybridized carbons (Fsp3) is 0.467. The van der Waals surface area contributed by atoms with Crippen LogP contribution in [0.15, 0.2) is 18.2 Å². The maximum atomic E-state index is 11.9. The van der Waals surface area contributed by atoms with Crippen molar-refractivity contribution in [1.82, 2.24) is 0 Å². The van der Waals surface area contributed by atoms with Crippen molar-refractivity contribution in [3.8, 4) is 0 Å². The van der Waals surface area contributed by atoms with Crippen LogP contribution >= 0.6 is 0 Å². The van der Waals surface area contributed by atoms with Crippen molar-refractivity contribution >= 4 is 23.3 Å². The number of nitrogens with one attached hydrogen (secondary N) is 1. The van der Waals surface area contributed by atoms with Gasteiger partial charge in [0.2, 0.25) is 5.91 Å². The van der Waals surface area contributed by atoms with E-state index >= 15 is 0 Å². The first kappa shape index (κ1) is 18.6. The predicted molar refractivity (Wildman–Crippen MR) is 85.2 cm³/mol. The number of non-ortho nitro benzene ring substituents is 1. The number of hydrogen-bond donors (Lipinski definition) is 2. The van der Waals surface area contributed by atoms with Crippen LogP contribution in [-0.4, -0.2) is 30.5 Å². The summed E-state index contributed by atoms with van der Waals surface area (Å²) in [6, 6.07) is 3.66. The average molecular weight is 323 g/mol.